The van der Waals surface area contributed by atoms with E-state index in [4.69, 9.17) is 4.74 Å². The Balaban J connectivity index is 1.65. The van der Waals surface area contributed by atoms with Crippen molar-refractivity contribution in [2.24, 2.45) is 11.8 Å². The summed E-state index contributed by atoms with van der Waals surface area (Å²) in [6.45, 7) is 2.18. The summed E-state index contributed by atoms with van der Waals surface area (Å²) in [5, 5.41) is 10.1. The van der Waals surface area contributed by atoms with Gasteiger partial charge in [0.15, 0.2) is 0 Å². The Bertz CT molecular complexity index is 366. The molecular weight excluding hydrogens is 268 g/mol. The average Bonchev–Trinajstić information content (AvgIpc) is 2.91. The van der Waals surface area contributed by atoms with Crippen LogP contribution in [0.3, 0.4) is 0 Å². The van der Waals surface area contributed by atoms with Gasteiger partial charge >= 0.3 is 5.97 Å². The van der Waals surface area contributed by atoms with Gasteiger partial charge in [-0.25, -0.2) is 0 Å². The first kappa shape index (κ1) is 16.5. The first-order chi connectivity index (χ1) is 10.1. The molecule has 0 aromatic heterocycles. The molecule has 4 atom stereocenters. The van der Waals surface area contributed by atoms with E-state index in [1.165, 1.54) is 19.3 Å². The van der Waals surface area contributed by atoms with Crippen molar-refractivity contribution >= 4 is 11.8 Å². The third kappa shape index (κ3) is 4.53. The number of carbonyl (C=O) groups is 2. The van der Waals surface area contributed by atoms with Crippen molar-refractivity contribution in [3.63, 3.8) is 0 Å². The number of hydrogen-bond donors (Lipinski definition) is 1. The summed E-state index contributed by atoms with van der Waals surface area (Å²) in [6, 6.07) is 0. The van der Waals surface area contributed by atoms with Crippen molar-refractivity contribution < 1.29 is 19.4 Å². The van der Waals surface area contributed by atoms with E-state index >= 15 is 0 Å². The lowest BCUT2D eigenvalue weighted by Crippen LogP contribution is -2.21. The van der Waals surface area contributed by atoms with Gasteiger partial charge in [-0.2, -0.15) is 0 Å². The summed E-state index contributed by atoms with van der Waals surface area (Å²) in [5.74, 6) is 0.340. The van der Waals surface area contributed by atoms with E-state index in [2.05, 4.69) is 6.92 Å². The van der Waals surface area contributed by atoms with Crippen LogP contribution in [0.1, 0.15) is 71.1 Å². The molecule has 1 saturated carbocycles. The fourth-order valence-corrected chi connectivity index (χ4v) is 3.76. The fraction of sp³-hybridized carbons (Fsp3) is 0.882. The first-order valence-corrected chi connectivity index (χ1v) is 8.51. The lowest BCUT2D eigenvalue weighted by Gasteiger charge is -2.18. The van der Waals surface area contributed by atoms with Crippen LogP contribution in [0.15, 0.2) is 0 Å². The van der Waals surface area contributed by atoms with Gasteiger partial charge in [-0.05, 0) is 18.8 Å². The Morgan fingerprint density at radius 3 is 2.76 bits per heavy atom. The normalized spacial score (nSPS) is 31.2. The number of carbonyl (C=O) groups excluding carboxylic acids is 2. The fourth-order valence-electron chi connectivity index (χ4n) is 3.76. The van der Waals surface area contributed by atoms with Gasteiger partial charge in [0.1, 0.15) is 11.9 Å². The van der Waals surface area contributed by atoms with Crippen molar-refractivity contribution in [2.75, 3.05) is 0 Å². The maximum atomic E-state index is 11.9. The molecule has 4 heteroatoms. The number of aliphatic hydroxyl groups excluding tert-OH is 1. The molecule has 2 aliphatic rings. The molecular formula is C17H28O4. The van der Waals surface area contributed by atoms with Crippen LogP contribution in [0.25, 0.3) is 0 Å². The Hall–Kier alpha value is -0.900. The third-order valence-electron chi connectivity index (χ3n) is 5.00. The molecule has 0 bridgehead atoms. The van der Waals surface area contributed by atoms with Crippen LogP contribution in [0.2, 0.25) is 0 Å². The van der Waals surface area contributed by atoms with Crippen LogP contribution in [-0.4, -0.2) is 29.1 Å². The third-order valence-corrected chi connectivity index (χ3v) is 5.00. The molecule has 120 valence electrons. The summed E-state index contributed by atoms with van der Waals surface area (Å²) in [6.07, 6.45) is 8.15. The minimum Gasteiger partial charge on any atom is -0.462 e. The maximum absolute atomic E-state index is 11.9. The van der Waals surface area contributed by atoms with E-state index in [9.17, 15) is 14.7 Å². The number of Topliss-reactive ketones (excluding diaryl/α,β-unsaturated/α-hetero) is 1. The summed E-state index contributed by atoms with van der Waals surface area (Å²) < 4.78 is 5.21. The number of aliphatic hydroxyl groups is 1. The zero-order valence-corrected chi connectivity index (χ0v) is 13.1. The number of ether oxygens (including phenoxy) is 1. The van der Waals surface area contributed by atoms with Gasteiger partial charge < -0.3 is 9.84 Å². The predicted octanol–water partition coefficient (Wildman–Crippen LogP) is 3.01. The second-order valence-electron chi connectivity index (χ2n) is 6.60. The Morgan fingerprint density at radius 2 is 2.00 bits per heavy atom. The SMILES string of the molecule is CCCCCCCC(=O)CC[C@@H]1[C@H]2CC(=O)O[C@H]2C[C@H]1O. The number of rotatable bonds is 9. The van der Waals surface area contributed by atoms with Crippen molar-refractivity contribution in [3.05, 3.63) is 0 Å². The van der Waals surface area contributed by atoms with E-state index in [-0.39, 0.29) is 23.9 Å². The lowest BCUT2D eigenvalue weighted by molar-refractivity contribution is -0.141. The lowest BCUT2D eigenvalue weighted by atomic mass is 9.87. The molecule has 1 aliphatic heterocycles. The molecule has 0 aromatic carbocycles. The number of ketones is 1. The van der Waals surface area contributed by atoms with Crippen LogP contribution < -0.4 is 0 Å². The minimum absolute atomic E-state index is 0.0606. The van der Waals surface area contributed by atoms with Crippen LogP contribution in [0.5, 0.6) is 0 Å². The van der Waals surface area contributed by atoms with Crippen molar-refractivity contribution in [1.82, 2.24) is 0 Å². The van der Waals surface area contributed by atoms with Crippen LogP contribution in [0.4, 0.5) is 0 Å². The molecule has 2 fully saturated rings. The Labute approximate surface area is 127 Å². The molecule has 0 amide bonds. The van der Waals surface area contributed by atoms with E-state index in [0.29, 0.717) is 37.9 Å². The molecule has 21 heavy (non-hydrogen) atoms. The highest BCUT2D eigenvalue weighted by Gasteiger charge is 2.49. The number of hydrogen-bond acceptors (Lipinski definition) is 4. The number of unbranched alkanes of at least 4 members (excludes halogenated alkanes) is 4. The molecule has 1 saturated heterocycles. The molecule has 0 spiro atoms. The van der Waals surface area contributed by atoms with Gasteiger partial charge in [-0.3, -0.25) is 9.59 Å². The smallest absolute Gasteiger partial charge is 0.306 e. The highest BCUT2D eigenvalue weighted by atomic mass is 16.6. The summed E-state index contributed by atoms with van der Waals surface area (Å²) >= 11 is 0. The summed E-state index contributed by atoms with van der Waals surface area (Å²) in [5.41, 5.74) is 0. The van der Waals surface area contributed by atoms with E-state index in [0.717, 1.165) is 12.8 Å². The van der Waals surface area contributed by atoms with Gasteiger partial charge in [0.2, 0.25) is 0 Å². The zero-order chi connectivity index (χ0) is 15.2. The second-order valence-corrected chi connectivity index (χ2v) is 6.60. The van der Waals surface area contributed by atoms with E-state index in [1.54, 1.807) is 0 Å². The summed E-state index contributed by atoms with van der Waals surface area (Å²) in [7, 11) is 0. The van der Waals surface area contributed by atoms with Crippen LogP contribution in [-0.2, 0) is 14.3 Å². The van der Waals surface area contributed by atoms with E-state index in [1.807, 2.05) is 0 Å². The number of fused-ring (bicyclic) bond motifs is 1. The highest BCUT2D eigenvalue weighted by molar-refractivity contribution is 5.78. The molecule has 1 aliphatic carbocycles. The van der Waals surface area contributed by atoms with Crippen LogP contribution >= 0.6 is 0 Å². The van der Waals surface area contributed by atoms with Crippen LogP contribution in [0, 0.1) is 11.8 Å². The Morgan fingerprint density at radius 1 is 1.24 bits per heavy atom. The average molecular weight is 296 g/mol. The zero-order valence-electron chi connectivity index (χ0n) is 13.1. The van der Waals surface area contributed by atoms with Crippen molar-refractivity contribution in [1.29, 1.82) is 0 Å². The monoisotopic (exact) mass is 296 g/mol. The molecule has 1 N–H and O–H groups in total. The van der Waals surface area contributed by atoms with Gasteiger partial charge in [0.05, 0.1) is 12.5 Å². The quantitative estimate of drug-likeness (QED) is 0.525. The first-order valence-electron chi connectivity index (χ1n) is 8.51. The topological polar surface area (TPSA) is 63.6 Å². The maximum Gasteiger partial charge on any atom is 0.306 e. The molecule has 0 radical (unpaired) electrons. The predicted molar refractivity (Wildman–Crippen MR) is 79.7 cm³/mol. The van der Waals surface area contributed by atoms with E-state index < -0.39 is 6.10 Å². The molecule has 1 heterocycles. The van der Waals surface area contributed by atoms with Gasteiger partial charge in [0.25, 0.3) is 0 Å². The summed E-state index contributed by atoms with van der Waals surface area (Å²) in [4.78, 5) is 23.2. The largest absolute Gasteiger partial charge is 0.462 e. The number of esters is 1. The van der Waals surface area contributed by atoms with Gasteiger partial charge in [-0.1, -0.05) is 32.6 Å². The second kappa shape index (κ2) is 7.92. The molecule has 0 unspecified atom stereocenters. The molecule has 0 aromatic rings. The molecule has 4 nitrogen and oxygen atoms in total. The van der Waals surface area contributed by atoms with Gasteiger partial charge in [0, 0.05) is 25.2 Å². The van der Waals surface area contributed by atoms with Crippen molar-refractivity contribution in [3.8, 4) is 0 Å². The standard InChI is InChI=1S/C17H28O4/c1-2-3-4-5-6-7-12(18)8-9-13-14-10-17(20)21-16(14)11-15(13)19/h13-16,19H,2-11H2,1H3/t13-,14-,15-,16+/m1/s1. The highest BCUT2D eigenvalue weighted by Crippen LogP contribution is 2.43. The van der Waals surface area contributed by atoms with Crippen molar-refractivity contribution in [2.45, 2.75) is 83.3 Å². The molecule has 2 rings (SSSR count). The van der Waals surface area contributed by atoms with Gasteiger partial charge in [-0.15, -0.1) is 0 Å². The minimum atomic E-state index is -0.412. The Kier molecular flexibility index (Phi) is 6.22.